The Morgan fingerprint density at radius 3 is 2.58 bits per heavy atom. The number of nitrogen functional groups attached to an aromatic ring is 1. The third-order valence-corrected chi connectivity index (χ3v) is 5.96. The average Bonchev–Trinajstić information content (AvgIpc) is 2.79. The standard InChI is InChI=1S/C22H14ClF2N5O2S/c23-18-19(26)27-11-28-21(18)33-14-7-8-17(16(25)10-14)29-20(31)15-2-1-9-30(22(15)32)13-5-3-12(24)4-6-13/h1-11H,(H,29,31)(H2,26,27,28). The first-order chi connectivity index (χ1) is 15.8. The molecule has 4 aromatic rings. The predicted molar refractivity (Wildman–Crippen MR) is 122 cm³/mol. The van der Waals surface area contributed by atoms with Crippen molar-refractivity contribution in [1.82, 2.24) is 14.5 Å². The van der Waals surface area contributed by atoms with Gasteiger partial charge in [-0.05, 0) is 54.6 Å². The van der Waals surface area contributed by atoms with Gasteiger partial charge in [0, 0.05) is 16.8 Å². The number of rotatable bonds is 5. The number of nitrogens with one attached hydrogen (secondary N) is 1. The first-order valence-corrected chi connectivity index (χ1v) is 10.6. The van der Waals surface area contributed by atoms with Gasteiger partial charge in [0.05, 0.1) is 5.69 Å². The molecule has 33 heavy (non-hydrogen) atoms. The van der Waals surface area contributed by atoms with Gasteiger partial charge in [-0.25, -0.2) is 18.7 Å². The van der Waals surface area contributed by atoms with E-state index in [0.717, 1.165) is 11.8 Å². The molecule has 0 aliphatic heterocycles. The summed E-state index contributed by atoms with van der Waals surface area (Å²) in [6.07, 6.45) is 2.69. The molecular weight excluding hydrogens is 472 g/mol. The van der Waals surface area contributed by atoms with Crippen LogP contribution >= 0.6 is 23.4 Å². The molecule has 0 bridgehead atoms. The molecule has 0 saturated heterocycles. The molecule has 2 heterocycles. The number of pyridine rings is 1. The second kappa shape index (κ2) is 9.39. The first-order valence-electron chi connectivity index (χ1n) is 9.36. The lowest BCUT2D eigenvalue weighted by Crippen LogP contribution is -2.28. The van der Waals surface area contributed by atoms with Crippen molar-refractivity contribution >= 4 is 40.8 Å². The second-order valence-electron chi connectivity index (χ2n) is 6.65. The van der Waals surface area contributed by atoms with E-state index in [1.165, 1.54) is 65.6 Å². The number of nitrogens with two attached hydrogens (primary N) is 1. The number of hydrogen-bond acceptors (Lipinski definition) is 6. The number of halogens is 3. The minimum Gasteiger partial charge on any atom is -0.382 e. The molecule has 0 radical (unpaired) electrons. The Labute approximate surface area is 195 Å². The van der Waals surface area contributed by atoms with Crippen LogP contribution in [0, 0.1) is 11.6 Å². The minimum atomic E-state index is -0.789. The topological polar surface area (TPSA) is 103 Å². The highest BCUT2D eigenvalue weighted by Gasteiger charge is 2.16. The minimum absolute atomic E-state index is 0.104. The van der Waals surface area contributed by atoms with E-state index >= 15 is 0 Å². The van der Waals surface area contributed by atoms with Crippen molar-refractivity contribution in [3.63, 3.8) is 0 Å². The van der Waals surface area contributed by atoms with Crippen LogP contribution in [-0.4, -0.2) is 20.4 Å². The summed E-state index contributed by atoms with van der Waals surface area (Å²) in [5.41, 5.74) is 5.07. The van der Waals surface area contributed by atoms with Crippen molar-refractivity contribution in [1.29, 1.82) is 0 Å². The van der Waals surface area contributed by atoms with Crippen LogP contribution in [0.15, 0.2) is 81.8 Å². The maximum absolute atomic E-state index is 14.7. The van der Waals surface area contributed by atoms with Crippen molar-refractivity contribution in [2.75, 3.05) is 11.1 Å². The highest BCUT2D eigenvalue weighted by molar-refractivity contribution is 7.99. The van der Waals surface area contributed by atoms with Gasteiger partial charge in [-0.2, -0.15) is 0 Å². The zero-order chi connectivity index (χ0) is 23.5. The Hall–Kier alpha value is -3.76. The SMILES string of the molecule is Nc1ncnc(Sc2ccc(NC(=O)c3cccn(-c4ccc(F)cc4)c3=O)c(F)c2)c1Cl. The number of anilines is 2. The zero-order valence-corrected chi connectivity index (χ0v) is 18.2. The summed E-state index contributed by atoms with van der Waals surface area (Å²) in [6, 6.07) is 12.1. The molecule has 0 saturated carbocycles. The molecule has 0 fully saturated rings. The maximum atomic E-state index is 14.7. The summed E-state index contributed by atoms with van der Waals surface area (Å²) < 4.78 is 29.0. The van der Waals surface area contributed by atoms with E-state index in [-0.39, 0.29) is 22.1 Å². The third kappa shape index (κ3) is 4.86. The Kier molecular flexibility index (Phi) is 6.38. The van der Waals surface area contributed by atoms with Crippen molar-refractivity contribution in [3.8, 4) is 5.69 Å². The predicted octanol–water partition coefficient (Wildman–Crippen LogP) is 4.54. The van der Waals surface area contributed by atoms with Gasteiger partial charge in [-0.1, -0.05) is 23.4 Å². The largest absolute Gasteiger partial charge is 0.382 e. The van der Waals surface area contributed by atoms with Crippen molar-refractivity contribution in [3.05, 3.63) is 99.7 Å². The number of nitrogens with zero attached hydrogens (tertiary/aromatic N) is 3. The van der Waals surface area contributed by atoms with E-state index in [0.29, 0.717) is 15.6 Å². The van der Waals surface area contributed by atoms with E-state index in [1.54, 1.807) is 6.07 Å². The van der Waals surface area contributed by atoms with E-state index in [1.807, 2.05) is 0 Å². The average molecular weight is 486 g/mol. The van der Waals surface area contributed by atoms with Crippen LogP contribution in [0.1, 0.15) is 10.4 Å². The van der Waals surface area contributed by atoms with E-state index < -0.39 is 23.1 Å². The normalized spacial score (nSPS) is 10.8. The Morgan fingerprint density at radius 2 is 1.85 bits per heavy atom. The number of aromatic nitrogens is 3. The summed E-state index contributed by atoms with van der Waals surface area (Å²) >= 11 is 7.13. The molecule has 166 valence electrons. The molecule has 0 unspecified atom stereocenters. The summed E-state index contributed by atoms with van der Waals surface area (Å²) in [5.74, 6) is -1.86. The molecule has 0 aliphatic carbocycles. The van der Waals surface area contributed by atoms with Crippen LogP contribution in [0.4, 0.5) is 20.3 Å². The van der Waals surface area contributed by atoms with Gasteiger partial charge in [-0.15, -0.1) is 0 Å². The molecule has 2 aromatic heterocycles. The molecule has 11 heteroatoms. The van der Waals surface area contributed by atoms with Gasteiger partial charge in [0.25, 0.3) is 11.5 Å². The number of carbonyl (C=O) groups excluding carboxylic acids is 1. The third-order valence-electron chi connectivity index (χ3n) is 4.48. The van der Waals surface area contributed by atoms with Crippen LogP contribution in [-0.2, 0) is 0 Å². The Bertz CT molecular complexity index is 1410. The van der Waals surface area contributed by atoms with Gasteiger partial charge in [0.15, 0.2) is 0 Å². The Morgan fingerprint density at radius 1 is 1.09 bits per heavy atom. The molecule has 2 aromatic carbocycles. The fraction of sp³-hybridized carbons (Fsp3) is 0. The zero-order valence-electron chi connectivity index (χ0n) is 16.6. The van der Waals surface area contributed by atoms with E-state index in [2.05, 4.69) is 15.3 Å². The van der Waals surface area contributed by atoms with Crippen molar-refractivity contribution in [2.45, 2.75) is 9.92 Å². The number of benzene rings is 2. The maximum Gasteiger partial charge on any atom is 0.267 e. The highest BCUT2D eigenvalue weighted by atomic mass is 35.5. The molecular formula is C22H14ClF2N5O2S. The molecule has 0 spiro atoms. The lowest BCUT2D eigenvalue weighted by molar-refractivity contribution is 0.102. The molecule has 7 nitrogen and oxygen atoms in total. The first kappa shape index (κ1) is 22.4. The summed E-state index contributed by atoms with van der Waals surface area (Å²) in [4.78, 5) is 33.7. The quantitative estimate of drug-likeness (QED) is 0.402. The van der Waals surface area contributed by atoms with Crippen LogP contribution in [0.5, 0.6) is 0 Å². The fourth-order valence-electron chi connectivity index (χ4n) is 2.87. The molecule has 1 amide bonds. The number of hydrogen-bond donors (Lipinski definition) is 2. The summed E-state index contributed by atoms with van der Waals surface area (Å²) in [6.45, 7) is 0. The van der Waals surface area contributed by atoms with Gasteiger partial charge in [-0.3, -0.25) is 14.2 Å². The summed E-state index contributed by atoms with van der Waals surface area (Å²) in [5, 5.41) is 2.91. The number of carbonyl (C=O) groups is 1. The highest BCUT2D eigenvalue weighted by Crippen LogP contribution is 2.34. The van der Waals surface area contributed by atoms with Gasteiger partial charge in [0.1, 0.15) is 39.4 Å². The van der Waals surface area contributed by atoms with Gasteiger partial charge >= 0.3 is 0 Å². The number of amides is 1. The molecule has 4 rings (SSSR count). The lowest BCUT2D eigenvalue weighted by Gasteiger charge is -2.10. The van der Waals surface area contributed by atoms with Gasteiger partial charge in [0.2, 0.25) is 0 Å². The van der Waals surface area contributed by atoms with Crippen LogP contribution < -0.4 is 16.6 Å². The van der Waals surface area contributed by atoms with E-state index in [4.69, 9.17) is 17.3 Å². The van der Waals surface area contributed by atoms with Crippen molar-refractivity contribution in [2.24, 2.45) is 0 Å². The van der Waals surface area contributed by atoms with Crippen molar-refractivity contribution < 1.29 is 13.6 Å². The fourth-order valence-corrected chi connectivity index (χ4v) is 3.90. The van der Waals surface area contributed by atoms with Crippen LogP contribution in [0.25, 0.3) is 5.69 Å². The second-order valence-corrected chi connectivity index (χ2v) is 8.09. The lowest BCUT2D eigenvalue weighted by atomic mass is 10.2. The smallest absolute Gasteiger partial charge is 0.267 e. The molecule has 3 N–H and O–H groups in total. The van der Waals surface area contributed by atoms with Crippen LogP contribution in [0.2, 0.25) is 5.02 Å². The Balaban J connectivity index is 1.55. The summed E-state index contributed by atoms with van der Waals surface area (Å²) in [7, 11) is 0. The molecule has 0 atom stereocenters. The van der Waals surface area contributed by atoms with E-state index in [9.17, 15) is 18.4 Å². The van der Waals surface area contributed by atoms with Crippen LogP contribution in [0.3, 0.4) is 0 Å². The van der Waals surface area contributed by atoms with Gasteiger partial charge < -0.3 is 11.1 Å². The monoisotopic (exact) mass is 485 g/mol. The molecule has 0 aliphatic rings.